The van der Waals surface area contributed by atoms with E-state index in [2.05, 4.69) is 0 Å². The van der Waals surface area contributed by atoms with Gasteiger partial charge in [0, 0.05) is 11.6 Å². The van der Waals surface area contributed by atoms with Gasteiger partial charge < -0.3 is 5.73 Å². The maximum Gasteiger partial charge on any atom is 0.0875 e. The van der Waals surface area contributed by atoms with Crippen LogP contribution in [-0.2, 0) is 6.42 Å². The third-order valence-corrected chi connectivity index (χ3v) is 1.97. The molecule has 1 aromatic carbocycles. The fraction of sp³-hybridized carbons (Fsp3) is 0.200. The summed E-state index contributed by atoms with van der Waals surface area (Å²) in [6.07, 6.45) is 1.08. The molecule has 0 aliphatic rings. The van der Waals surface area contributed by atoms with Crippen molar-refractivity contribution in [2.24, 2.45) is 5.73 Å². The molecule has 1 aromatic rings. The number of hydrogen-bond acceptors (Lipinski definition) is 1. The summed E-state index contributed by atoms with van der Waals surface area (Å²) in [5.74, 6) is 0. The lowest BCUT2D eigenvalue weighted by molar-refractivity contribution is 0.699. The molecule has 0 aliphatic heterocycles. The van der Waals surface area contributed by atoms with Gasteiger partial charge in [0.2, 0.25) is 0 Å². The molecule has 0 fully saturated rings. The lowest BCUT2D eigenvalue weighted by Crippen LogP contribution is -2.05. The van der Waals surface area contributed by atoms with Crippen LogP contribution in [0.5, 0.6) is 0 Å². The van der Waals surface area contributed by atoms with E-state index < -0.39 is 0 Å². The largest absolute Gasteiger partial charge is 0.327 e. The molecular formula is C10H12Cl2FN. The molecule has 78 valence electrons. The summed E-state index contributed by atoms with van der Waals surface area (Å²) in [4.78, 5) is 0. The van der Waals surface area contributed by atoms with Crippen molar-refractivity contribution < 1.29 is 4.39 Å². The third-order valence-electron chi connectivity index (χ3n) is 1.74. The average molecular weight is 236 g/mol. The standard InChI is InChI=1S/C10H11ClFN.ClH/c11-10-3-1-2-8(5-10)4-9(6-12)7-13;/h1-3,5-6H,4,7,13H2;1H. The molecule has 2 N–H and O–H groups in total. The first-order chi connectivity index (χ1) is 6.26. The third kappa shape index (κ3) is 4.09. The molecule has 0 atom stereocenters. The van der Waals surface area contributed by atoms with E-state index >= 15 is 0 Å². The van der Waals surface area contributed by atoms with Gasteiger partial charge in [-0.2, -0.15) is 0 Å². The van der Waals surface area contributed by atoms with E-state index in [1.54, 1.807) is 12.1 Å². The number of hydrogen-bond donors (Lipinski definition) is 1. The van der Waals surface area contributed by atoms with Gasteiger partial charge in [0.25, 0.3) is 0 Å². The van der Waals surface area contributed by atoms with E-state index in [0.717, 1.165) is 5.56 Å². The first kappa shape index (κ1) is 13.4. The zero-order valence-electron chi connectivity index (χ0n) is 7.54. The zero-order chi connectivity index (χ0) is 9.68. The second kappa shape index (κ2) is 6.82. The summed E-state index contributed by atoms with van der Waals surface area (Å²) in [5.41, 5.74) is 6.87. The highest BCUT2D eigenvalue weighted by atomic mass is 35.5. The van der Waals surface area contributed by atoms with Crippen molar-refractivity contribution in [3.63, 3.8) is 0 Å². The molecule has 14 heavy (non-hydrogen) atoms. The fourth-order valence-corrected chi connectivity index (χ4v) is 1.28. The van der Waals surface area contributed by atoms with Gasteiger partial charge in [-0.3, -0.25) is 0 Å². The molecule has 1 rings (SSSR count). The molecule has 0 unspecified atom stereocenters. The number of nitrogens with two attached hydrogens (primary N) is 1. The molecule has 0 heterocycles. The van der Waals surface area contributed by atoms with Crippen molar-refractivity contribution >= 4 is 24.0 Å². The Labute approximate surface area is 94.2 Å². The van der Waals surface area contributed by atoms with E-state index in [4.69, 9.17) is 17.3 Å². The van der Waals surface area contributed by atoms with Crippen molar-refractivity contribution in [1.29, 1.82) is 0 Å². The molecule has 0 spiro atoms. The van der Waals surface area contributed by atoms with Gasteiger partial charge in [0.05, 0.1) is 6.33 Å². The van der Waals surface area contributed by atoms with Gasteiger partial charge in [0.1, 0.15) is 0 Å². The normalized spacial score (nSPS) is 10.9. The summed E-state index contributed by atoms with van der Waals surface area (Å²) in [6.45, 7) is 0.239. The molecule has 0 saturated heterocycles. The quantitative estimate of drug-likeness (QED) is 0.857. The van der Waals surface area contributed by atoms with Crippen LogP contribution in [0.3, 0.4) is 0 Å². The molecule has 0 radical (unpaired) electrons. The van der Waals surface area contributed by atoms with Gasteiger partial charge in [-0.1, -0.05) is 23.7 Å². The van der Waals surface area contributed by atoms with Crippen LogP contribution >= 0.6 is 24.0 Å². The molecule has 0 aliphatic carbocycles. The smallest absolute Gasteiger partial charge is 0.0875 e. The monoisotopic (exact) mass is 235 g/mol. The summed E-state index contributed by atoms with van der Waals surface area (Å²) in [6, 6.07) is 7.32. The number of rotatable bonds is 3. The SMILES string of the molecule is Cl.NCC(=CF)Cc1cccc(Cl)c1. The predicted octanol–water partition coefficient (Wildman–Crippen LogP) is 3.12. The van der Waals surface area contributed by atoms with Gasteiger partial charge >= 0.3 is 0 Å². The predicted molar refractivity (Wildman–Crippen MR) is 60.6 cm³/mol. The lowest BCUT2D eigenvalue weighted by atomic mass is 10.1. The Hall–Kier alpha value is -0.570. The Kier molecular flexibility index (Phi) is 6.54. The van der Waals surface area contributed by atoms with Crippen molar-refractivity contribution in [3.05, 3.63) is 46.8 Å². The second-order valence-electron chi connectivity index (χ2n) is 2.78. The van der Waals surface area contributed by atoms with E-state index in [1.807, 2.05) is 12.1 Å². The van der Waals surface area contributed by atoms with Gasteiger partial charge in [-0.05, 0) is 29.7 Å². The van der Waals surface area contributed by atoms with Gasteiger partial charge in [-0.25, -0.2) is 4.39 Å². The molecule has 1 nitrogen and oxygen atoms in total. The van der Waals surface area contributed by atoms with Gasteiger partial charge in [-0.15, -0.1) is 12.4 Å². The highest BCUT2D eigenvalue weighted by Crippen LogP contribution is 2.13. The van der Waals surface area contributed by atoms with Crippen LogP contribution < -0.4 is 5.73 Å². The average Bonchev–Trinajstić information content (AvgIpc) is 2.14. The molecular weight excluding hydrogens is 224 g/mol. The van der Waals surface area contributed by atoms with Crippen LogP contribution in [0.15, 0.2) is 36.2 Å². The zero-order valence-corrected chi connectivity index (χ0v) is 9.11. The summed E-state index contributed by atoms with van der Waals surface area (Å²) in [5, 5.41) is 0.660. The molecule has 0 aromatic heterocycles. The number of benzene rings is 1. The maximum absolute atomic E-state index is 12.2. The van der Waals surface area contributed by atoms with Crippen molar-refractivity contribution in [2.45, 2.75) is 6.42 Å². The summed E-state index contributed by atoms with van der Waals surface area (Å²) in [7, 11) is 0. The minimum Gasteiger partial charge on any atom is -0.327 e. The molecule has 0 saturated carbocycles. The van der Waals surface area contributed by atoms with Crippen LogP contribution in [0.4, 0.5) is 4.39 Å². The first-order valence-corrected chi connectivity index (χ1v) is 4.36. The van der Waals surface area contributed by atoms with Crippen LogP contribution in [0.2, 0.25) is 5.02 Å². The van der Waals surface area contributed by atoms with E-state index in [9.17, 15) is 4.39 Å². The first-order valence-electron chi connectivity index (χ1n) is 3.99. The minimum absolute atomic E-state index is 0. The van der Waals surface area contributed by atoms with E-state index in [1.165, 1.54) is 0 Å². The van der Waals surface area contributed by atoms with Crippen molar-refractivity contribution in [3.8, 4) is 0 Å². The Morgan fingerprint density at radius 3 is 2.71 bits per heavy atom. The number of halogens is 3. The van der Waals surface area contributed by atoms with Crippen LogP contribution in [0, 0.1) is 0 Å². The summed E-state index contributed by atoms with van der Waals surface area (Å²) >= 11 is 5.77. The van der Waals surface area contributed by atoms with Crippen molar-refractivity contribution in [2.75, 3.05) is 6.54 Å². The van der Waals surface area contributed by atoms with Crippen LogP contribution in [-0.4, -0.2) is 6.54 Å². The molecule has 0 bridgehead atoms. The highest BCUT2D eigenvalue weighted by Gasteiger charge is 1.98. The minimum atomic E-state index is 0. The second-order valence-corrected chi connectivity index (χ2v) is 3.21. The Morgan fingerprint density at radius 2 is 2.21 bits per heavy atom. The maximum atomic E-state index is 12.2. The Morgan fingerprint density at radius 1 is 1.50 bits per heavy atom. The van der Waals surface area contributed by atoms with E-state index in [-0.39, 0.29) is 19.0 Å². The highest BCUT2D eigenvalue weighted by molar-refractivity contribution is 6.30. The molecule has 0 amide bonds. The topological polar surface area (TPSA) is 26.0 Å². The lowest BCUT2D eigenvalue weighted by Gasteiger charge is -2.02. The Bertz CT molecular complexity index is 313. The fourth-order valence-electron chi connectivity index (χ4n) is 1.06. The summed E-state index contributed by atoms with van der Waals surface area (Å²) < 4.78 is 12.2. The van der Waals surface area contributed by atoms with E-state index in [0.29, 0.717) is 23.3 Å². The van der Waals surface area contributed by atoms with Crippen LogP contribution in [0.1, 0.15) is 5.56 Å². The van der Waals surface area contributed by atoms with Crippen molar-refractivity contribution in [1.82, 2.24) is 0 Å². The molecule has 4 heteroatoms. The van der Waals surface area contributed by atoms with Crippen LogP contribution in [0.25, 0.3) is 0 Å². The Balaban J connectivity index is 0.00000169. The van der Waals surface area contributed by atoms with Gasteiger partial charge in [0.15, 0.2) is 0 Å².